The maximum atomic E-state index is 6.45. The van der Waals surface area contributed by atoms with Crippen LogP contribution in [0.25, 0.3) is 61.7 Å². The van der Waals surface area contributed by atoms with E-state index in [2.05, 4.69) is 115 Å². The molecular weight excluding hydrogens is 414 g/mol. The summed E-state index contributed by atoms with van der Waals surface area (Å²) in [5.41, 5.74) is 7.14. The first-order valence-electron chi connectivity index (χ1n) is 11.9. The number of nitrogens with zero attached hydrogens (tertiary/aromatic N) is 2. The van der Waals surface area contributed by atoms with Gasteiger partial charge in [0.05, 0.1) is 21.9 Å². The first-order chi connectivity index (χ1) is 16.7. The van der Waals surface area contributed by atoms with Gasteiger partial charge in [0.15, 0.2) is 0 Å². The van der Waals surface area contributed by atoms with Crippen molar-refractivity contribution < 1.29 is 0 Å². The normalized spacial score (nSPS) is 15.4. The molecule has 4 aromatic carbocycles. The lowest BCUT2D eigenvalue weighted by atomic mass is 9.98. The summed E-state index contributed by atoms with van der Waals surface area (Å²) in [5.74, 6) is 6.98. The van der Waals surface area contributed by atoms with Crippen molar-refractivity contribution in [2.24, 2.45) is 5.92 Å². The van der Waals surface area contributed by atoms with Gasteiger partial charge >= 0.3 is 0 Å². The second-order valence-electron chi connectivity index (χ2n) is 9.40. The zero-order chi connectivity index (χ0) is 22.8. The van der Waals surface area contributed by atoms with Crippen LogP contribution in [0.5, 0.6) is 0 Å². The van der Waals surface area contributed by atoms with Gasteiger partial charge in [0.2, 0.25) is 0 Å². The van der Waals surface area contributed by atoms with Gasteiger partial charge in [-0.05, 0) is 65.9 Å². The largest absolute Gasteiger partial charge is 0.339 e. The SMILES string of the molecule is CC1C=c2c(n(N)c3ccc(-c4ccc5c(c4)c4ccccc4n5-c4ccccc4)cc23)=CC1. The van der Waals surface area contributed by atoms with E-state index in [1.807, 2.05) is 4.68 Å². The van der Waals surface area contributed by atoms with Gasteiger partial charge in [0.25, 0.3) is 0 Å². The molecular formula is C31H25N3. The molecule has 0 spiro atoms. The maximum Gasteiger partial charge on any atom is 0.0703 e. The van der Waals surface area contributed by atoms with Crippen molar-refractivity contribution in [2.45, 2.75) is 13.3 Å². The predicted molar refractivity (Wildman–Crippen MR) is 144 cm³/mol. The Bertz CT molecular complexity index is 1850. The maximum absolute atomic E-state index is 6.45. The molecule has 1 atom stereocenters. The fourth-order valence-electron chi connectivity index (χ4n) is 5.58. The van der Waals surface area contributed by atoms with Crippen molar-refractivity contribution in [3.05, 3.63) is 102 Å². The zero-order valence-electron chi connectivity index (χ0n) is 19.1. The van der Waals surface area contributed by atoms with E-state index in [-0.39, 0.29) is 0 Å². The van der Waals surface area contributed by atoms with Crippen molar-refractivity contribution in [1.29, 1.82) is 0 Å². The van der Waals surface area contributed by atoms with Gasteiger partial charge in [0.1, 0.15) is 0 Å². The Morgan fingerprint density at radius 1 is 0.706 bits per heavy atom. The van der Waals surface area contributed by atoms with Gasteiger partial charge in [-0.2, -0.15) is 0 Å². The minimum absolute atomic E-state index is 0.530. The second-order valence-corrected chi connectivity index (χ2v) is 9.40. The van der Waals surface area contributed by atoms with Gasteiger partial charge in [-0.15, -0.1) is 0 Å². The van der Waals surface area contributed by atoms with Crippen molar-refractivity contribution in [1.82, 2.24) is 9.24 Å². The van der Waals surface area contributed by atoms with Crippen LogP contribution in [0.4, 0.5) is 0 Å². The van der Waals surface area contributed by atoms with Crippen LogP contribution >= 0.6 is 0 Å². The molecule has 1 aliphatic rings. The summed E-state index contributed by atoms with van der Waals surface area (Å²) in [6.07, 6.45) is 5.67. The highest BCUT2D eigenvalue weighted by Gasteiger charge is 2.15. The Kier molecular flexibility index (Phi) is 4.04. The predicted octanol–water partition coefficient (Wildman–Crippen LogP) is 5.72. The molecule has 0 saturated heterocycles. The minimum Gasteiger partial charge on any atom is -0.339 e. The number of nitrogens with two attached hydrogens (primary N) is 1. The van der Waals surface area contributed by atoms with Crippen LogP contribution in [0, 0.1) is 5.92 Å². The molecule has 0 amide bonds. The highest BCUT2D eigenvalue weighted by Crippen LogP contribution is 2.35. The molecule has 0 radical (unpaired) electrons. The third-order valence-corrected chi connectivity index (χ3v) is 7.24. The number of rotatable bonds is 2. The first-order valence-corrected chi connectivity index (χ1v) is 11.9. The van der Waals surface area contributed by atoms with E-state index in [4.69, 9.17) is 5.84 Å². The van der Waals surface area contributed by atoms with E-state index in [1.165, 1.54) is 49.2 Å². The summed E-state index contributed by atoms with van der Waals surface area (Å²) >= 11 is 0. The lowest BCUT2D eigenvalue weighted by molar-refractivity contribution is 0.793. The molecule has 0 bridgehead atoms. The molecule has 0 aliphatic heterocycles. The fraction of sp³-hybridized carbons (Fsp3) is 0.0968. The standard InChI is InChI=1S/C31H25N3/c1-20-11-14-30-25(17-20)27-19-22(13-16-31(27)34(30)32)21-12-15-29-26(18-21)24-9-5-6-10-28(24)33(29)23-7-3-2-4-8-23/h2-10,12-20H,11,32H2,1H3. The molecule has 0 saturated carbocycles. The van der Waals surface area contributed by atoms with E-state index < -0.39 is 0 Å². The van der Waals surface area contributed by atoms with E-state index in [1.54, 1.807) is 0 Å². The summed E-state index contributed by atoms with van der Waals surface area (Å²) in [4.78, 5) is 0. The average Bonchev–Trinajstić information content (AvgIpc) is 3.36. The number of fused-ring (bicyclic) bond motifs is 6. The van der Waals surface area contributed by atoms with Crippen molar-refractivity contribution in [3.63, 3.8) is 0 Å². The Morgan fingerprint density at radius 2 is 1.38 bits per heavy atom. The first kappa shape index (κ1) is 19.2. The van der Waals surface area contributed by atoms with Crippen LogP contribution in [0.1, 0.15) is 13.3 Å². The number of para-hydroxylation sites is 2. The van der Waals surface area contributed by atoms with Crippen molar-refractivity contribution >= 4 is 44.9 Å². The number of hydrogen-bond acceptors (Lipinski definition) is 1. The molecule has 164 valence electrons. The highest BCUT2D eigenvalue weighted by atomic mass is 15.3. The molecule has 7 rings (SSSR count). The number of nitrogen functional groups attached to an aromatic ring is 1. The lowest BCUT2D eigenvalue weighted by Crippen LogP contribution is -2.35. The minimum atomic E-state index is 0.530. The van der Waals surface area contributed by atoms with Crippen LogP contribution in [0.2, 0.25) is 0 Å². The smallest absolute Gasteiger partial charge is 0.0703 e. The van der Waals surface area contributed by atoms with Crippen LogP contribution in [-0.4, -0.2) is 9.24 Å². The van der Waals surface area contributed by atoms with Crippen molar-refractivity contribution in [2.75, 3.05) is 5.84 Å². The van der Waals surface area contributed by atoms with Crippen LogP contribution in [-0.2, 0) is 0 Å². The van der Waals surface area contributed by atoms with E-state index >= 15 is 0 Å². The van der Waals surface area contributed by atoms with Crippen LogP contribution < -0.4 is 16.4 Å². The molecule has 1 aliphatic carbocycles. The summed E-state index contributed by atoms with van der Waals surface area (Å²) in [7, 11) is 0. The van der Waals surface area contributed by atoms with E-state index in [0.29, 0.717) is 5.92 Å². The molecule has 34 heavy (non-hydrogen) atoms. The average molecular weight is 440 g/mol. The summed E-state index contributed by atoms with van der Waals surface area (Å²) in [5, 5.41) is 6.16. The Hall–Kier alpha value is -4.24. The molecule has 2 heterocycles. The second kappa shape index (κ2) is 7.13. The number of aromatic nitrogens is 2. The molecule has 3 heteroatoms. The Morgan fingerprint density at radius 3 is 2.21 bits per heavy atom. The van der Waals surface area contributed by atoms with Crippen molar-refractivity contribution in [3.8, 4) is 16.8 Å². The molecule has 6 aromatic rings. The molecule has 1 unspecified atom stereocenters. The molecule has 3 nitrogen and oxygen atoms in total. The van der Waals surface area contributed by atoms with Crippen LogP contribution in [0.15, 0.2) is 91.0 Å². The van der Waals surface area contributed by atoms with Gasteiger partial charge in [-0.3, -0.25) is 4.68 Å². The summed E-state index contributed by atoms with van der Waals surface area (Å²) < 4.78 is 4.20. The summed E-state index contributed by atoms with van der Waals surface area (Å²) in [6.45, 7) is 2.26. The number of benzene rings is 4. The monoisotopic (exact) mass is 439 g/mol. The Balaban J connectivity index is 1.48. The zero-order valence-corrected chi connectivity index (χ0v) is 19.1. The van der Waals surface area contributed by atoms with Crippen LogP contribution in [0.3, 0.4) is 0 Å². The van der Waals surface area contributed by atoms with Gasteiger partial charge in [0, 0.05) is 27.1 Å². The lowest BCUT2D eigenvalue weighted by Gasteiger charge is -2.08. The third kappa shape index (κ3) is 2.70. The number of hydrogen-bond donors (Lipinski definition) is 1. The van der Waals surface area contributed by atoms with E-state index in [0.717, 1.165) is 17.3 Å². The topological polar surface area (TPSA) is 35.9 Å². The highest BCUT2D eigenvalue weighted by molar-refractivity contribution is 6.10. The fourth-order valence-corrected chi connectivity index (χ4v) is 5.58. The van der Waals surface area contributed by atoms with Gasteiger partial charge in [-0.1, -0.05) is 67.6 Å². The summed E-state index contributed by atoms with van der Waals surface area (Å²) in [6, 6.07) is 32.8. The molecule has 2 N–H and O–H groups in total. The van der Waals surface area contributed by atoms with E-state index in [9.17, 15) is 0 Å². The Labute approximate surface area is 197 Å². The third-order valence-electron chi connectivity index (χ3n) is 7.24. The van der Waals surface area contributed by atoms with Gasteiger partial charge < -0.3 is 10.4 Å². The van der Waals surface area contributed by atoms with Gasteiger partial charge in [-0.25, -0.2) is 0 Å². The quantitative estimate of drug-likeness (QED) is 0.344. The molecule has 2 aromatic heterocycles. The molecule has 0 fully saturated rings.